The van der Waals surface area contributed by atoms with Gasteiger partial charge in [0.25, 0.3) is 0 Å². The van der Waals surface area contributed by atoms with Gasteiger partial charge in [0.2, 0.25) is 5.91 Å². The van der Waals surface area contributed by atoms with Gasteiger partial charge in [-0.2, -0.15) is 0 Å². The van der Waals surface area contributed by atoms with Crippen LogP contribution in [0, 0.1) is 5.92 Å². The van der Waals surface area contributed by atoms with Crippen molar-refractivity contribution < 1.29 is 24.2 Å². The normalized spacial score (nSPS) is 12.9. The van der Waals surface area contributed by atoms with Crippen LogP contribution in [0.4, 0.5) is 10.5 Å². The molecule has 35 heavy (non-hydrogen) atoms. The molecule has 1 atom stereocenters. The zero-order valence-corrected chi connectivity index (χ0v) is 20.7. The summed E-state index contributed by atoms with van der Waals surface area (Å²) in [6.45, 7) is 2.18. The molecule has 0 saturated carbocycles. The summed E-state index contributed by atoms with van der Waals surface area (Å²) < 4.78 is 6.12. The lowest BCUT2D eigenvalue weighted by Gasteiger charge is -2.16. The minimum Gasteiger partial charge on any atom is -0.478 e. The van der Waals surface area contributed by atoms with Crippen LogP contribution in [0.25, 0.3) is 11.1 Å². The molecule has 1 aliphatic rings. The summed E-state index contributed by atoms with van der Waals surface area (Å²) in [4.78, 5) is 36.3. The first-order valence-electron chi connectivity index (χ1n) is 11.3. The van der Waals surface area contributed by atoms with E-state index in [1.54, 1.807) is 13.0 Å². The number of hydrogen-bond acceptors (Lipinski definition) is 4. The van der Waals surface area contributed by atoms with Gasteiger partial charge < -0.3 is 20.5 Å². The molecule has 8 heteroatoms. The van der Waals surface area contributed by atoms with Gasteiger partial charge in [-0.1, -0.05) is 71.4 Å². The summed E-state index contributed by atoms with van der Waals surface area (Å²) in [5, 5.41) is 14.7. The third-order valence-corrected chi connectivity index (χ3v) is 6.60. The topological polar surface area (TPSA) is 105 Å². The van der Waals surface area contributed by atoms with E-state index in [9.17, 15) is 19.5 Å². The summed E-state index contributed by atoms with van der Waals surface area (Å²) in [5.41, 5.74) is 4.82. The first-order chi connectivity index (χ1) is 16.8. The van der Waals surface area contributed by atoms with Crippen LogP contribution in [-0.4, -0.2) is 36.2 Å². The van der Waals surface area contributed by atoms with Crippen molar-refractivity contribution in [2.45, 2.75) is 19.3 Å². The van der Waals surface area contributed by atoms with Gasteiger partial charge in [-0.25, -0.2) is 9.59 Å². The Bertz CT molecular complexity index is 1230. The Morgan fingerprint density at radius 2 is 1.63 bits per heavy atom. The Morgan fingerprint density at radius 3 is 2.26 bits per heavy atom. The lowest BCUT2D eigenvalue weighted by atomic mass is 9.98. The number of hydrogen-bond donors (Lipinski definition) is 3. The lowest BCUT2D eigenvalue weighted by molar-refractivity contribution is -0.119. The first-order valence-corrected chi connectivity index (χ1v) is 12.1. The van der Waals surface area contributed by atoms with Gasteiger partial charge in [0.1, 0.15) is 6.61 Å². The predicted octanol–water partition coefficient (Wildman–Crippen LogP) is 5.65. The number of nitrogens with one attached hydrogen (secondary N) is 2. The van der Waals surface area contributed by atoms with Crippen molar-refractivity contribution >= 4 is 39.6 Å². The average Bonchev–Trinajstić information content (AvgIpc) is 3.17. The molecule has 0 spiro atoms. The van der Waals surface area contributed by atoms with Gasteiger partial charge in [-0.05, 0) is 46.9 Å². The van der Waals surface area contributed by atoms with Crippen molar-refractivity contribution in [1.29, 1.82) is 0 Å². The Kier molecular flexibility index (Phi) is 7.51. The van der Waals surface area contributed by atoms with E-state index < -0.39 is 18.0 Å². The third-order valence-electron chi connectivity index (χ3n) is 6.11. The van der Waals surface area contributed by atoms with Gasteiger partial charge in [-0.15, -0.1) is 0 Å². The molecule has 0 bridgehead atoms. The number of alkyl carbamates (subject to hydrolysis) is 1. The van der Waals surface area contributed by atoms with E-state index in [2.05, 4.69) is 50.8 Å². The maximum atomic E-state index is 12.5. The number of carboxylic acids is 1. The Balaban J connectivity index is 1.26. The molecule has 3 aromatic carbocycles. The number of benzene rings is 3. The molecule has 3 aromatic rings. The van der Waals surface area contributed by atoms with Crippen LogP contribution in [-0.2, 0) is 9.53 Å². The highest BCUT2D eigenvalue weighted by Gasteiger charge is 2.29. The van der Waals surface area contributed by atoms with Gasteiger partial charge in [0, 0.05) is 22.9 Å². The summed E-state index contributed by atoms with van der Waals surface area (Å²) in [6.07, 6.45) is -0.171. The zero-order chi connectivity index (χ0) is 24.9. The van der Waals surface area contributed by atoms with Crippen molar-refractivity contribution in [2.75, 3.05) is 18.5 Å². The average molecular weight is 537 g/mol. The van der Waals surface area contributed by atoms with E-state index in [1.807, 2.05) is 24.3 Å². The van der Waals surface area contributed by atoms with Crippen LogP contribution in [0.5, 0.6) is 0 Å². The molecule has 3 N–H and O–H groups in total. The molecule has 0 radical (unpaired) electrons. The second kappa shape index (κ2) is 10.7. The SMILES string of the molecule is CC(CCNC(=O)OCC1c2ccccc2-c2ccccc21)C(=O)Nc1ccc(Br)cc1C(=O)O. The fourth-order valence-corrected chi connectivity index (χ4v) is 4.59. The van der Waals surface area contributed by atoms with Crippen LogP contribution in [0.3, 0.4) is 0 Å². The molecule has 4 rings (SSSR count). The maximum Gasteiger partial charge on any atom is 0.407 e. The minimum atomic E-state index is -1.13. The van der Waals surface area contributed by atoms with E-state index in [-0.39, 0.29) is 36.2 Å². The Hall–Kier alpha value is -3.65. The van der Waals surface area contributed by atoms with Crippen LogP contribution in [0.2, 0.25) is 0 Å². The van der Waals surface area contributed by atoms with Crippen molar-refractivity contribution in [1.82, 2.24) is 5.32 Å². The van der Waals surface area contributed by atoms with Crippen molar-refractivity contribution in [3.8, 4) is 11.1 Å². The molecular weight excluding hydrogens is 512 g/mol. The summed E-state index contributed by atoms with van der Waals surface area (Å²) >= 11 is 3.23. The number of carbonyl (C=O) groups is 3. The molecule has 0 aliphatic heterocycles. The quantitative estimate of drug-likeness (QED) is 0.345. The van der Waals surface area contributed by atoms with Crippen LogP contribution >= 0.6 is 15.9 Å². The number of rotatable bonds is 8. The zero-order valence-electron chi connectivity index (χ0n) is 19.1. The van der Waals surface area contributed by atoms with Crippen molar-refractivity contribution in [3.05, 3.63) is 87.9 Å². The molecule has 180 valence electrons. The van der Waals surface area contributed by atoms with Crippen molar-refractivity contribution in [3.63, 3.8) is 0 Å². The number of aromatic carboxylic acids is 1. The van der Waals surface area contributed by atoms with E-state index in [1.165, 1.54) is 12.1 Å². The molecule has 0 fully saturated rings. The Labute approximate surface area is 211 Å². The summed E-state index contributed by atoms with van der Waals surface area (Å²) in [5.74, 6) is -1.93. The van der Waals surface area contributed by atoms with Gasteiger partial charge in [0.15, 0.2) is 0 Å². The highest BCUT2D eigenvalue weighted by Crippen LogP contribution is 2.44. The number of amides is 2. The van der Waals surface area contributed by atoms with Crippen LogP contribution in [0.15, 0.2) is 71.2 Å². The molecule has 0 saturated heterocycles. The second-order valence-electron chi connectivity index (χ2n) is 8.43. The molecule has 1 unspecified atom stereocenters. The van der Waals surface area contributed by atoms with Crippen LogP contribution < -0.4 is 10.6 Å². The standard InChI is InChI=1S/C27H25BrN2O5/c1-16(25(31)30-24-11-10-17(28)14-22(24)26(32)33)12-13-29-27(34)35-15-23-20-8-4-2-6-18(20)19-7-3-5-9-21(19)23/h2-11,14,16,23H,12-13,15H2,1H3,(H,29,34)(H,30,31)(H,32,33). The fourth-order valence-electron chi connectivity index (χ4n) is 4.23. The largest absolute Gasteiger partial charge is 0.478 e. The third kappa shape index (κ3) is 5.54. The fraction of sp³-hybridized carbons (Fsp3) is 0.222. The predicted molar refractivity (Wildman–Crippen MR) is 137 cm³/mol. The highest BCUT2D eigenvalue weighted by molar-refractivity contribution is 9.10. The molecule has 0 aromatic heterocycles. The van der Waals surface area contributed by atoms with E-state index >= 15 is 0 Å². The minimum absolute atomic E-state index is 0.00307. The second-order valence-corrected chi connectivity index (χ2v) is 9.34. The summed E-state index contributed by atoms with van der Waals surface area (Å²) in [6, 6.07) is 20.9. The van der Waals surface area contributed by atoms with Gasteiger partial charge >= 0.3 is 12.1 Å². The molecule has 7 nitrogen and oxygen atoms in total. The maximum absolute atomic E-state index is 12.5. The number of carbonyl (C=O) groups excluding carboxylic acids is 2. The van der Waals surface area contributed by atoms with E-state index in [4.69, 9.17) is 4.74 Å². The van der Waals surface area contributed by atoms with Crippen molar-refractivity contribution in [2.24, 2.45) is 5.92 Å². The molecular formula is C27H25BrN2O5. The molecule has 2 amide bonds. The van der Waals surface area contributed by atoms with Crippen LogP contribution in [0.1, 0.15) is 40.7 Å². The smallest absolute Gasteiger partial charge is 0.407 e. The van der Waals surface area contributed by atoms with Gasteiger partial charge in [-0.3, -0.25) is 4.79 Å². The van der Waals surface area contributed by atoms with Gasteiger partial charge in [0.05, 0.1) is 11.3 Å². The Morgan fingerprint density at radius 1 is 1.00 bits per heavy atom. The number of ether oxygens (including phenoxy) is 1. The first kappa shape index (κ1) is 24.5. The number of fused-ring (bicyclic) bond motifs is 3. The molecule has 0 heterocycles. The molecule has 1 aliphatic carbocycles. The summed E-state index contributed by atoms with van der Waals surface area (Å²) in [7, 11) is 0. The monoisotopic (exact) mass is 536 g/mol. The number of halogens is 1. The number of anilines is 1. The lowest BCUT2D eigenvalue weighted by Crippen LogP contribution is -2.30. The highest BCUT2D eigenvalue weighted by atomic mass is 79.9. The van der Waals surface area contributed by atoms with E-state index in [0.717, 1.165) is 22.3 Å². The number of carboxylic acid groups (broad SMARTS) is 1. The van der Waals surface area contributed by atoms with E-state index in [0.29, 0.717) is 10.9 Å².